The van der Waals surface area contributed by atoms with Gasteiger partial charge in [-0.3, -0.25) is 4.55 Å². The van der Waals surface area contributed by atoms with Gasteiger partial charge in [-0.15, -0.1) is 0 Å². The molecule has 1 N–H and O–H groups in total. The third-order valence-electron chi connectivity index (χ3n) is 3.29. The lowest BCUT2D eigenvalue weighted by atomic mass is 10.1. The second-order valence-corrected chi connectivity index (χ2v) is 7.33. The minimum Gasteiger partial charge on any atom is -0.328 e. The van der Waals surface area contributed by atoms with Gasteiger partial charge in [0.15, 0.2) is 0 Å². The van der Waals surface area contributed by atoms with Gasteiger partial charge in [-0.05, 0) is 12.5 Å². The molecule has 19 heavy (non-hydrogen) atoms. The lowest BCUT2D eigenvalue weighted by Gasteiger charge is -2.29. The van der Waals surface area contributed by atoms with Crippen molar-refractivity contribution in [2.45, 2.75) is 19.8 Å². The van der Waals surface area contributed by atoms with Crippen molar-refractivity contribution in [3.05, 3.63) is 35.4 Å². The van der Waals surface area contributed by atoms with Crippen molar-refractivity contribution in [1.29, 1.82) is 0 Å². The molecule has 1 aromatic rings. The van der Waals surface area contributed by atoms with Gasteiger partial charge in [0.2, 0.25) is 0 Å². The fourth-order valence-electron chi connectivity index (χ4n) is 1.97. The highest BCUT2D eigenvalue weighted by Gasteiger charge is 2.16. The van der Waals surface area contributed by atoms with E-state index in [1.165, 1.54) is 11.1 Å². The van der Waals surface area contributed by atoms with E-state index in [-0.39, 0.29) is 5.75 Å². The largest absolute Gasteiger partial charge is 0.328 e. The molecule has 108 valence electrons. The number of hydrogen-bond acceptors (Lipinski definition) is 2. The summed E-state index contributed by atoms with van der Waals surface area (Å²) in [6.07, 6.45) is 1.46. The molecule has 0 saturated carbocycles. The molecule has 0 unspecified atom stereocenters. The van der Waals surface area contributed by atoms with Crippen LogP contribution < -0.4 is 0 Å². The van der Waals surface area contributed by atoms with Crippen LogP contribution in [0.3, 0.4) is 0 Å². The lowest BCUT2D eigenvalue weighted by Crippen LogP contribution is -2.42. The van der Waals surface area contributed by atoms with E-state index in [1.807, 2.05) is 0 Å². The third kappa shape index (κ3) is 7.30. The van der Waals surface area contributed by atoms with Gasteiger partial charge in [0.05, 0.1) is 32.9 Å². The van der Waals surface area contributed by atoms with Crippen molar-refractivity contribution in [1.82, 2.24) is 0 Å². The number of likely N-dealkylation sites (N-methyl/N-ethyl adjacent to an activating group) is 1. The summed E-state index contributed by atoms with van der Waals surface area (Å²) in [5.74, 6) is -0.154. The molecule has 0 heterocycles. The predicted molar refractivity (Wildman–Crippen MR) is 77.8 cm³/mol. The first-order valence-corrected chi connectivity index (χ1v) is 8.12. The molecular formula is C14H24NO3S+. The van der Waals surface area contributed by atoms with Gasteiger partial charge < -0.3 is 4.48 Å². The monoisotopic (exact) mass is 286 g/mol. The van der Waals surface area contributed by atoms with E-state index in [0.717, 1.165) is 24.0 Å². The van der Waals surface area contributed by atoms with Crippen LogP contribution in [0.2, 0.25) is 0 Å². The Morgan fingerprint density at radius 2 is 1.68 bits per heavy atom. The predicted octanol–water partition coefficient (Wildman–Crippen LogP) is 1.89. The molecule has 0 aliphatic carbocycles. The van der Waals surface area contributed by atoms with E-state index in [2.05, 4.69) is 45.3 Å². The zero-order valence-electron chi connectivity index (χ0n) is 12.0. The van der Waals surface area contributed by atoms with Crippen LogP contribution in [-0.4, -0.2) is 50.4 Å². The maximum atomic E-state index is 10.7. The molecule has 5 heteroatoms. The smallest absolute Gasteiger partial charge is 0.265 e. The molecule has 0 radical (unpaired) electrons. The summed E-state index contributed by atoms with van der Waals surface area (Å²) >= 11 is 0. The first-order chi connectivity index (χ1) is 8.68. The molecule has 0 spiro atoms. The first kappa shape index (κ1) is 16.1. The van der Waals surface area contributed by atoms with Gasteiger partial charge in [-0.1, -0.05) is 29.8 Å². The minimum absolute atomic E-state index is 0.154. The van der Waals surface area contributed by atoms with E-state index in [0.29, 0.717) is 6.42 Å². The Morgan fingerprint density at radius 1 is 1.11 bits per heavy atom. The van der Waals surface area contributed by atoms with E-state index in [9.17, 15) is 8.42 Å². The quantitative estimate of drug-likeness (QED) is 0.615. The molecule has 0 bridgehead atoms. The van der Waals surface area contributed by atoms with Gasteiger partial charge in [0, 0.05) is 12.8 Å². The Morgan fingerprint density at radius 3 is 2.21 bits per heavy atom. The second kappa shape index (κ2) is 6.50. The molecule has 0 fully saturated rings. The highest BCUT2D eigenvalue weighted by Crippen LogP contribution is 2.08. The molecular weight excluding hydrogens is 262 g/mol. The number of aryl methyl sites for hydroxylation is 1. The van der Waals surface area contributed by atoms with E-state index < -0.39 is 10.1 Å². The molecule has 4 nitrogen and oxygen atoms in total. The Labute approximate surface area is 116 Å². The third-order valence-corrected chi connectivity index (χ3v) is 4.10. The van der Waals surface area contributed by atoms with Gasteiger partial charge >= 0.3 is 0 Å². The highest BCUT2D eigenvalue weighted by atomic mass is 32.2. The van der Waals surface area contributed by atoms with Gasteiger partial charge in [0.25, 0.3) is 10.1 Å². The Bertz CT molecular complexity index is 492. The molecule has 0 aliphatic heterocycles. The van der Waals surface area contributed by atoms with Gasteiger partial charge in [-0.2, -0.15) is 8.42 Å². The summed E-state index contributed by atoms with van der Waals surface area (Å²) in [7, 11) is 0.335. The number of rotatable bonds is 7. The van der Waals surface area contributed by atoms with Crippen molar-refractivity contribution in [3.8, 4) is 0 Å². The zero-order valence-corrected chi connectivity index (χ0v) is 12.8. The summed E-state index contributed by atoms with van der Waals surface area (Å²) in [6, 6.07) is 8.47. The molecule has 0 saturated heterocycles. The Hall–Kier alpha value is -0.910. The Balaban J connectivity index is 2.39. The van der Waals surface area contributed by atoms with Gasteiger partial charge in [0.1, 0.15) is 0 Å². The van der Waals surface area contributed by atoms with E-state index >= 15 is 0 Å². The van der Waals surface area contributed by atoms with Crippen LogP contribution in [0.1, 0.15) is 17.5 Å². The summed E-state index contributed by atoms with van der Waals surface area (Å²) in [4.78, 5) is 0. The molecule has 1 rings (SSSR count). The van der Waals surface area contributed by atoms with Crippen molar-refractivity contribution < 1.29 is 17.5 Å². The lowest BCUT2D eigenvalue weighted by molar-refractivity contribution is -0.890. The standard InChI is InChI=1S/C14H23NO3S/c1-13-5-7-14(8-6-13)9-11-15(2,3)10-4-12-19(16,17)18/h5-8H,4,9-12H2,1-3H3/p+1. The number of quaternary nitrogens is 1. The average Bonchev–Trinajstić information content (AvgIpc) is 2.26. The number of nitrogens with zero attached hydrogens (tertiary/aromatic N) is 1. The molecule has 0 aliphatic rings. The molecule has 1 aromatic carbocycles. The number of benzene rings is 1. The van der Waals surface area contributed by atoms with Crippen molar-refractivity contribution in [3.63, 3.8) is 0 Å². The van der Waals surface area contributed by atoms with Crippen LogP contribution in [0.4, 0.5) is 0 Å². The van der Waals surface area contributed by atoms with Crippen LogP contribution in [0.15, 0.2) is 24.3 Å². The van der Waals surface area contributed by atoms with Crippen LogP contribution in [-0.2, 0) is 16.5 Å². The Kier molecular flexibility index (Phi) is 5.52. The zero-order chi connectivity index (χ0) is 14.5. The van der Waals surface area contributed by atoms with Crippen LogP contribution >= 0.6 is 0 Å². The number of hydrogen-bond donors (Lipinski definition) is 1. The second-order valence-electron chi connectivity index (χ2n) is 5.76. The maximum Gasteiger partial charge on any atom is 0.265 e. The summed E-state index contributed by atoms with van der Waals surface area (Å²) < 4.78 is 30.8. The SMILES string of the molecule is Cc1ccc(CC[N+](C)(C)CCCS(=O)(=O)O)cc1. The first-order valence-electron chi connectivity index (χ1n) is 6.51. The molecule has 0 amide bonds. The van der Waals surface area contributed by atoms with Crippen LogP contribution in [0.25, 0.3) is 0 Å². The summed E-state index contributed by atoms with van der Waals surface area (Å²) in [6.45, 7) is 3.76. The highest BCUT2D eigenvalue weighted by molar-refractivity contribution is 7.85. The molecule has 0 aromatic heterocycles. The van der Waals surface area contributed by atoms with Crippen LogP contribution in [0, 0.1) is 6.92 Å². The van der Waals surface area contributed by atoms with Crippen molar-refractivity contribution >= 4 is 10.1 Å². The summed E-state index contributed by atoms with van der Waals surface area (Å²) in [5.41, 5.74) is 2.55. The fourth-order valence-corrected chi connectivity index (χ4v) is 2.47. The average molecular weight is 286 g/mol. The van der Waals surface area contributed by atoms with Crippen LogP contribution in [0.5, 0.6) is 0 Å². The topological polar surface area (TPSA) is 54.4 Å². The van der Waals surface area contributed by atoms with Crippen molar-refractivity contribution in [2.75, 3.05) is 32.9 Å². The summed E-state index contributed by atoms with van der Waals surface area (Å²) in [5, 5.41) is 0. The van der Waals surface area contributed by atoms with E-state index in [1.54, 1.807) is 0 Å². The molecule has 0 atom stereocenters. The maximum absolute atomic E-state index is 10.7. The van der Waals surface area contributed by atoms with Gasteiger partial charge in [-0.25, -0.2) is 0 Å². The fraction of sp³-hybridized carbons (Fsp3) is 0.571. The normalized spacial score (nSPS) is 12.6. The van der Waals surface area contributed by atoms with Crippen molar-refractivity contribution in [2.24, 2.45) is 0 Å². The minimum atomic E-state index is -3.83. The van der Waals surface area contributed by atoms with E-state index in [4.69, 9.17) is 4.55 Å².